The second-order valence-electron chi connectivity index (χ2n) is 4.06. The second-order valence-corrected chi connectivity index (χ2v) is 4.45. The van der Waals surface area contributed by atoms with Crippen molar-refractivity contribution in [3.63, 3.8) is 0 Å². The van der Waals surface area contributed by atoms with Gasteiger partial charge in [0.15, 0.2) is 0 Å². The van der Waals surface area contributed by atoms with Gasteiger partial charge in [-0.2, -0.15) is 0 Å². The van der Waals surface area contributed by atoms with Crippen molar-refractivity contribution in [2.75, 3.05) is 24.6 Å². The summed E-state index contributed by atoms with van der Waals surface area (Å²) in [5, 5.41) is 0.437. The van der Waals surface area contributed by atoms with Crippen molar-refractivity contribution in [2.45, 2.75) is 6.23 Å². The van der Waals surface area contributed by atoms with E-state index in [1.807, 2.05) is 11.0 Å². The molecule has 18 heavy (non-hydrogen) atoms. The third-order valence-corrected chi connectivity index (χ3v) is 2.98. The highest BCUT2D eigenvalue weighted by atomic mass is 35.5. The van der Waals surface area contributed by atoms with E-state index in [1.54, 1.807) is 12.3 Å². The van der Waals surface area contributed by atoms with Gasteiger partial charge in [0.2, 0.25) is 5.95 Å². The average Bonchev–Trinajstić information content (AvgIpc) is 2.38. The molecule has 1 aliphatic rings. The molecule has 1 aliphatic heterocycles. The summed E-state index contributed by atoms with van der Waals surface area (Å²) in [5.41, 5.74) is 7.20. The molecular weight excluding hydrogens is 254 g/mol. The lowest BCUT2D eigenvalue weighted by Crippen LogP contribution is -2.47. The summed E-state index contributed by atoms with van der Waals surface area (Å²) in [6.07, 6.45) is 1.38. The molecule has 1 fully saturated rings. The Hall–Kier alpha value is -1.50. The predicted octanol–water partition coefficient (Wildman–Crippen LogP) is 0.800. The molecule has 0 radical (unpaired) electrons. The molecule has 0 aliphatic carbocycles. The zero-order valence-electron chi connectivity index (χ0n) is 9.58. The van der Waals surface area contributed by atoms with Gasteiger partial charge in [0.05, 0.1) is 24.9 Å². The van der Waals surface area contributed by atoms with E-state index in [9.17, 15) is 0 Å². The average molecular weight is 266 g/mol. The lowest BCUT2D eigenvalue weighted by Gasteiger charge is -2.30. The first-order chi connectivity index (χ1) is 8.72. The quantitative estimate of drug-likeness (QED) is 0.769. The van der Waals surface area contributed by atoms with Crippen LogP contribution in [0.5, 0.6) is 0 Å². The number of morpholine rings is 1. The van der Waals surface area contributed by atoms with E-state index in [0.717, 1.165) is 12.1 Å². The number of nitrogens with zero attached hydrogens (tertiary/aromatic N) is 4. The third-order valence-electron chi connectivity index (χ3n) is 2.77. The molecule has 0 spiro atoms. The van der Waals surface area contributed by atoms with Gasteiger partial charge in [-0.15, -0.1) is 0 Å². The number of ether oxygens (including phenoxy) is 1. The molecule has 0 aromatic carbocycles. The zero-order chi connectivity index (χ0) is 12.5. The highest BCUT2D eigenvalue weighted by molar-refractivity contribution is 6.29. The van der Waals surface area contributed by atoms with Gasteiger partial charge in [-0.3, -0.25) is 0 Å². The maximum Gasteiger partial charge on any atom is 0.226 e. The molecule has 2 aromatic heterocycles. The number of nitrogens with two attached hydrogens (primary N) is 1. The second kappa shape index (κ2) is 4.64. The van der Waals surface area contributed by atoms with Crippen LogP contribution in [0.1, 0.15) is 0 Å². The van der Waals surface area contributed by atoms with E-state index in [-0.39, 0.29) is 6.23 Å². The molecule has 1 saturated heterocycles. The maximum atomic E-state index is 5.82. The Kier molecular flexibility index (Phi) is 2.99. The smallest absolute Gasteiger partial charge is 0.226 e. The molecular formula is C11H12ClN5O. The van der Waals surface area contributed by atoms with Crippen LogP contribution in [-0.4, -0.2) is 40.9 Å². The van der Waals surface area contributed by atoms with Gasteiger partial charge in [-0.05, 0) is 12.1 Å². The summed E-state index contributed by atoms with van der Waals surface area (Å²) in [6.45, 7) is 1.91. The van der Waals surface area contributed by atoms with E-state index >= 15 is 0 Å². The predicted molar refractivity (Wildman–Crippen MR) is 68.5 cm³/mol. The van der Waals surface area contributed by atoms with Gasteiger partial charge >= 0.3 is 0 Å². The van der Waals surface area contributed by atoms with Crippen molar-refractivity contribution in [1.29, 1.82) is 0 Å². The fourth-order valence-electron chi connectivity index (χ4n) is 1.90. The summed E-state index contributed by atoms with van der Waals surface area (Å²) in [4.78, 5) is 14.9. The molecule has 7 heteroatoms. The molecule has 2 aromatic rings. The van der Waals surface area contributed by atoms with E-state index in [4.69, 9.17) is 22.1 Å². The van der Waals surface area contributed by atoms with Gasteiger partial charge in [0, 0.05) is 6.54 Å². The monoisotopic (exact) mass is 265 g/mol. The van der Waals surface area contributed by atoms with Crippen molar-refractivity contribution in [1.82, 2.24) is 15.0 Å². The summed E-state index contributed by atoms with van der Waals surface area (Å²) in [6, 6.07) is 3.54. The minimum Gasteiger partial charge on any atom is -0.360 e. The van der Waals surface area contributed by atoms with Crippen molar-refractivity contribution in [2.24, 2.45) is 5.73 Å². The van der Waals surface area contributed by atoms with Crippen LogP contribution in [0, 0.1) is 0 Å². The largest absolute Gasteiger partial charge is 0.360 e. The fraction of sp³-hybridized carbons (Fsp3) is 0.364. The normalized spacial score (nSPS) is 20.3. The van der Waals surface area contributed by atoms with E-state index in [1.165, 1.54) is 0 Å². The van der Waals surface area contributed by atoms with Crippen LogP contribution in [0.25, 0.3) is 11.0 Å². The Labute approximate surface area is 109 Å². The highest BCUT2D eigenvalue weighted by Crippen LogP contribution is 2.17. The lowest BCUT2D eigenvalue weighted by molar-refractivity contribution is 0.0446. The minimum atomic E-state index is -0.290. The van der Waals surface area contributed by atoms with Crippen LogP contribution in [0.4, 0.5) is 5.95 Å². The van der Waals surface area contributed by atoms with Gasteiger partial charge in [0.1, 0.15) is 16.9 Å². The molecule has 94 valence electrons. The summed E-state index contributed by atoms with van der Waals surface area (Å²) < 4.78 is 5.28. The highest BCUT2D eigenvalue weighted by Gasteiger charge is 2.19. The van der Waals surface area contributed by atoms with Gasteiger partial charge < -0.3 is 15.4 Å². The Morgan fingerprint density at radius 1 is 1.33 bits per heavy atom. The Morgan fingerprint density at radius 3 is 3.06 bits per heavy atom. The van der Waals surface area contributed by atoms with Crippen LogP contribution in [0.2, 0.25) is 5.15 Å². The van der Waals surface area contributed by atoms with Crippen LogP contribution >= 0.6 is 11.6 Å². The zero-order valence-corrected chi connectivity index (χ0v) is 10.3. The molecule has 1 atom stereocenters. The first-order valence-corrected chi connectivity index (χ1v) is 6.01. The minimum absolute atomic E-state index is 0.290. The number of anilines is 1. The molecule has 0 amide bonds. The van der Waals surface area contributed by atoms with Crippen molar-refractivity contribution < 1.29 is 4.74 Å². The van der Waals surface area contributed by atoms with Gasteiger partial charge in [-0.25, -0.2) is 15.0 Å². The molecule has 3 heterocycles. The van der Waals surface area contributed by atoms with Crippen LogP contribution in [0.3, 0.4) is 0 Å². The summed E-state index contributed by atoms with van der Waals surface area (Å²) >= 11 is 5.82. The summed E-state index contributed by atoms with van der Waals surface area (Å²) in [7, 11) is 0. The topological polar surface area (TPSA) is 77.2 Å². The van der Waals surface area contributed by atoms with Crippen LogP contribution in [0.15, 0.2) is 18.3 Å². The van der Waals surface area contributed by atoms with Crippen molar-refractivity contribution in [3.8, 4) is 0 Å². The molecule has 6 nitrogen and oxygen atoms in total. The number of fused-ring (bicyclic) bond motifs is 1. The Morgan fingerprint density at radius 2 is 2.22 bits per heavy atom. The lowest BCUT2D eigenvalue weighted by atomic mass is 10.3. The van der Waals surface area contributed by atoms with Gasteiger partial charge in [-0.1, -0.05) is 11.6 Å². The SMILES string of the molecule is NC1CN(c2ncc3nc(Cl)ccc3n2)CCO1. The molecule has 1 unspecified atom stereocenters. The standard InChI is InChI=1S/C11H12ClN5O/c12-9-2-1-7-8(15-9)5-14-11(16-7)17-3-4-18-10(13)6-17/h1-2,5,10H,3-4,6,13H2. The summed E-state index contributed by atoms with van der Waals surface area (Å²) in [5.74, 6) is 0.644. The molecule has 0 saturated carbocycles. The molecule has 3 rings (SSSR count). The number of pyridine rings is 1. The first-order valence-electron chi connectivity index (χ1n) is 5.64. The van der Waals surface area contributed by atoms with E-state index in [0.29, 0.717) is 29.8 Å². The maximum absolute atomic E-state index is 5.82. The van der Waals surface area contributed by atoms with Crippen LogP contribution < -0.4 is 10.6 Å². The molecule has 2 N–H and O–H groups in total. The molecule has 0 bridgehead atoms. The fourth-order valence-corrected chi connectivity index (χ4v) is 2.05. The Balaban J connectivity index is 1.95. The van der Waals surface area contributed by atoms with E-state index in [2.05, 4.69) is 15.0 Å². The number of hydrogen-bond acceptors (Lipinski definition) is 6. The Bertz CT molecular complexity index is 578. The van der Waals surface area contributed by atoms with Crippen LogP contribution in [-0.2, 0) is 4.74 Å². The number of rotatable bonds is 1. The first kappa shape index (κ1) is 11.6. The van der Waals surface area contributed by atoms with Crippen molar-refractivity contribution in [3.05, 3.63) is 23.5 Å². The van der Waals surface area contributed by atoms with E-state index < -0.39 is 0 Å². The van der Waals surface area contributed by atoms with Crippen molar-refractivity contribution >= 4 is 28.6 Å². The third kappa shape index (κ3) is 2.22. The number of aromatic nitrogens is 3. The number of halogens is 1. The van der Waals surface area contributed by atoms with Gasteiger partial charge in [0.25, 0.3) is 0 Å². The number of hydrogen-bond donors (Lipinski definition) is 1.